The summed E-state index contributed by atoms with van der Waals surface area (Å²) in [5.41, 5.74) is 1.39. The van der Waals surface area contributed by atoms with E-state index in [0.717, 1.165) is 5.56 Å². The molecule has 0 aliphatic heterocycles. The molecule has 0 radical (unpaired) electrons. The van der Waals surface area contributed by atoms with Gasteiger partial charge in [-0.2, -0.15) is 0 Å². The number of aldehydes is 1. The molecule has 0 heterocycles. The molecule has 1 aliphatic carbocycles. The summed E-state index contributed by atoms with van der Waals surface area (Å²) >= 11 is 8.05. The van der Waals surface area contributed by atoms with Gasteiger partial charge in [0.05, 0.1) is 23.3 Å². The van der Waals surface area contributed by atoms with Crippen LogP contribution in [0.3, 0.4) is 0 Å². The van der Waals surface area contributed by atoms with Gasteiger partial charge in [0.2, 0.25) is 11.8 Å². The third-order valence-electron chi connectivity index (χ3n) is 6.76. The lowest BCUT2D eigenvalue weighted by atomic mass is 9.87. The average Bonchev–Trinajstić information content (AvgIpc) is 2.97. The van der Waals surface area contributed by atoms with Crippen molar-refractivity contribution in [2.24, 2.45) is 0 Å². The van der Waals surface area contributed by atoms with Crippen molar-refractivity contribution in [3.63, 3.8) is 0 Å². The number of aliphatic hydroxyl groups is 2. The molecule has 3 N–H and O–H groups in total. The Morgan fingerprint density at radius 2 is 1.90 bits per heavy atom. The number of Topliss-reactive ketones (excluding diaryl/α,β-unsaturated/α-hetero) is 1. The number of aliphatic hydroxyl groups excluding tert-OH is 2. The summed E-state index contributed by atoms with van der Waals surface area (Å²) < 4.78 is 12.2. The summed E-state index contributed by atoms with van der Waals surface area (Å²) in [5.74, 6) is -0.280. The van der Waals surface area contributed by atoms with Crippen molar-refractivity contribution in [2.75, 3.05) is 20.3 Å². The zero-order chi connectivity index (χ0) is 30.8. The molecule has 3 unspecified atom stereocenters. The van der Waals surface area contributed by atoms with Crippen LogP contribution in [0.2, 0.25) is 5.02 Å². The van der Waals surface area contributed by atoms with Crippen LogP contribution >= 0.6 is 34.2 Å². The van der Waals surface area contributed by atoms with Crippen LogP contribution in [-0.4, -0.2) is 77.5 Å². The summed E-state index contributed by atoms with van der Waals surface area (Å²) in [6.07, 6.45) is 0.484. The molecule has 10 nitrogen and oxygen atoms in total. The maximum atomic E-state index is 13.6. The standard InChI is InChI=1S/C30H34ClIN2O8/c1-18(37)4-3-5-27(38)34(16-19-6-8-22(31)9-7-19)24-14-21(30(40)33-10-11-35)15-25(28(24)39)42-29-23(32)12-20(17-36)13-26(29)41-2/h6-9,12-13,15,17,24-25,28,35,39H,3-5,10-11,14,16H2,1-2H3,(H,33,40). The van der Waals surface area contributed by atoms with Crippen molar-refractivity contribution >= 4 is 58.1 Å². The summed E-state index contributed by atoms with van der Waals surface area (Å²) in [6.45, 7) is 1.33. The van der Waals surface area contributed by atoms with Crippen LogP contribution in [0.25, 0.3) is 0 Å². The van der Waals surface area contributed by atoms with Crippen molar-refractivity contribution in [3.05, 3.63) is 67.8 Å². The van der Waals surface area contributed by atoms with Crippen molar-refractivity contribution in [3.8, 4) is 11.5 Å². The molecular weight excluding hydrogens is 679 g/mol. The number of amides is 2. The first-order chi connectivity index (χ1) is 20.1. The van der Waals surface area contributed by atoms with Gasteiger partial charge in [-0.05, 0) is 71.8 Å². The zero-order valence-corrected chi connectivity index (χ0v) is 26.3. The smallest absolute Gasteiger partial charge is 0.247 e. The lowest BCUT2D eigenvalue weighted by Crippen LogP contribution is -2.54. The summed E-state index contributed by atoms with van der Waals surface area (Å²) in [4.78, 5) is 51.1. The Morgan fingerprint density at radius 3 is 2.52 bits per heavy atom. The number of methoxy groups -OCH3 is 1. The molecule has 0 fully saturated rings. The van der Waals surface area contributed by atoms with Gasteiger partial charge in [-0.15, -0.1) is 0 Å². The number of hydrogen-bond acceptors (Lipinski definition) is 8. The topological polar surface area (TPSA) is 142 Å². The molecule has 2 amide bonds. The fourth-order valence-corrected chi connectivity index (χ4v) is 5.53. The molecule has 0 saturated carbocycles. The maximum Gasteiger partial charge on any atom is 0.247 e. The van der Waals surface area contributed by atoms with Crippen LogP contribution in [0.4, 0.5) is 0 Å². The Kier molecular flexibility index (Phi) is 12.8. The number of nitrogens with one attached hydrogen (secondary N) is 1. The van der Waals surface area contributed by atoms with Crippen LogP contribution in [0.5, 0.6) is 11.5 Å². The van der Waals surface area contributed by atoms with Gasteiger partial charge in [-0.1, -0.05) is 23.7 Å². The number of nitrogens with zero attached hydrogens (tertiary/aromatic N) is 1. The number of rotatable bonds is 14. The second-order valence-electron chi connectivity index (χ2n) is 9.87. The molecule has 226 valence electrons. The van der Waals surface area contributed by atoms with Crippen LogP contribution < -0.4 is 14.8 Å². The Hall–Kier alpha value is -3.00. The van der Waals surface area contributed by atoms with Crippen LogP contribution in [-0.2, 0) is 20.9 Å². The van der Waals surface area contributed by atoms with Gasteiger partial charge in [-0.3, -0.25) is 14.4 Å². The van der Waals surface area contributed by atoms with Crippen LogP contribution in [0.1, 0.15) is 48.5 Å². The minimum absolute atomic E-state index is 0.0165. The minimum Gasteiger partial charge on any atom is -0.493 e. The molecule has 3 atom stereocenters. The lowest BCUT2D eigenvalue weighted by Gasteiger charge is -2.41. The maximum absolute atomic E-state index is 13.6. The molecule has 42 heavy (non-hydrogen) atoms. The van der Waals surface area contributed by atoms with Gasteiger partial charge in [-0.25, -0.2) is 0 Å². The van der Waals surface area contributed by atoms with E-state index < -0.39 is 24.2 Å². The highest BCUT2D eigenvalue weighted by atomic mass is 127. The normalized spacial score (nSPS) is 18.0. The SMILES string of the molecule is COc1cc(C=O)cc(I)c1OC1C=C(C(=O)NCCO)CC(N(Cc2ccc(Cl)cc2)C(=O)CCCC(C)=O)C1O. The summed E-state index contributed by atoms with van der Waals surface area (Å²) in [5, 5.41) is 24.0. The monoisotopic (exact) mass is 712 g/mol. The number of ether oxygens (including phenoxy) is 2. The molecule has 1 aliphatic rings. The van der Waals surface area contributed by atoms with E-state index >= 15 is 0 Å². The molecule has 0 spiro atoms. The van der Waals surface area contributed by atoms with Crippen molar-refractivity contribution < 1.29 is 38.9 Å². The predicted octanol–water partition coefficient (Wildman–Crippen LogP) is 3.47. The number of carbonyl (C=O) groups is 4. The van der Waals surface area contributed by atoms with Crippen LogP contribution in [0.15, 0.2) is 48.0 Å². The fourth-order valence-electron chi connectivity index (χ4n) is 4.65. The molecule has 2 aromatic rings. The Labute approximate surface area is 263 Å². The zero-order valence-electron chi connectivity index (χ0n) is 23.3. The summed E-state index contributed by atoms with van der Waals surface area (Å²) in [6, 6.07) is 9.16. The Bertz CT molecular complexity index is 1320. The first kappa shape index (κ1) is 33.5. The summed E-state index contributed by atoms with van der Waals surface area (Å²) in [7, 11) is 1.42. The second-order valence-corrected chi connectivity index (χ2v) is 11.5. The van der Waals surface area contributed by atoms with Crippen LogP contribution in [0, 0.1) is 3.57 Å². The van der Waals surface area contributed by atoms with E-state index in [1.807, 2.05) is 22.6 Å². The van der Waals surface area contributed by atoms with Gasteiger partial charge in [0.25, 0.3) is 0 Å². The highest BCUT2D eigenvalue weighted by Gasteiger charge is 2.41. The first-order valence-corrected chi connectivity index (χ1v) is 14.8. The van der Waals surface area contributed by atoms with E-state index in [2.05, 4.69) is 5.32 Å². The second kappa shape index (κ2) is 16.0. The molecule has 2 aromatic carbocycles. The van der Waals surface area contributed by atoms with E-state index in [-0.39, 0.29) is 67.7 Å². The average molecular weight is 713 g/mol. The van der Waals surface area contributed by atoms with E-state index in [9.17, 15) is 29.4 Å². The molecule has 0 bridgehead atoms. The number of halogens is 2. The van der Waals surface area contributed by atoms with E-state index in [0.29, 0.717) is 26.9 Å². The Morgan fingerprint density at radius 1 is 1.19 bits per heavy atom. The lowest BCUT2D eigenvalue weighted by molar-refractivity contribution is -0.139. The van der Waals surface area contributed by atoms with Gasteiger partial charge in [0.15, 0.2) is 11.5 Å². The molecule has 0 saturated heterocycles. The third-order valence-corrected chi connectivity index (χ3v) is 7.82. The molecular formula is C30H34ClIN2O8. The van der Waals surface area contributed by atoms with Crippen molar-refractivity contribution in [1.29, 1.82) is 0 Å². The fraction of sp³-hybridized carbons (Fsp3) is 0.400. The number of carbonyl (C=O) groups excluding carboxylic acids is 4. The minimum atomic E-state index is -1.27. The van der Waals surface area contributed by atoms with Gasteiger partial charge in [0, 0.05) is 48.5 Å². The first-order valence-electron chi connectivity index (χ1n) is 13.4. The highest BCUT2D eigenvalue weighted by molar-refractivity contribution is 14.1. The van der Waals surface area contributed by atoms with Crippen molar-refractivity contribution in [2.45, 2.75) is 57.4 Å². The molecule has 3 rings (SSSR count). The largest absolute Gasteiger partial charge is 0.493 e. The van der Waals surface area contributed by atoms with E-state index in [1.54, 1.807) is 30.3 Å². The number of benzene rings is 2. The third kappa shape index (κ3) is 9.00. The highest BCUT2D eigenvalue weighted by Crippen LogP contribution is 2.37. The van der Waals surface area contributed by atoms with E-state index in [1.165, 1.54) is 31.1 Å². The molecule has 12 heteroatoms. The van der Waals surface area contributed by atoms with Crippen molar-refractivity contribution in [1.82, 2.24) is 10.2 Å². The number of hydrogen-bond donors (Lipinski definition) is 3. The van der Waals surface area contributed by atoms with Gasteiger partial charge < -0.3 is 34.7 Å². The quantitative estimate of drug-likeness (QED) is 0.200. The predicted molar refractivity (Wildman–Crippen MR) is 165 cm³/mol. The number of ketones is 1. The Balaban J connectivity index is 2.03. The van der Waals surface area contributed by atoms with Gasteiger partial charge >= 0.3 is 0 Å². The van der Waals surface area contributed by atoms with Gasteiger partial charge in [0.1, 0.15) is 24.3 Å². The molecule has 0 aromatic heterocycles. The van der Waals surface area contributed by atoms with E-state index in [4.69, 9.17) is 21.1 Å².